The maximum atomic E-state index is 13.9. The first kappa shape index (κ1) is 17.7. The van der Waals surface area contributed by atoms with E-state index >= 15 is 0 Å². The number of benzene rings is 2. The van der Waals surface area contributed by atoms with Gasteiger partial charge >= 0.3 is 0 Å². The van der Waals surface area contributed by atoms with Crippen molar-refractivity contribution in [1.29, 1.82) is 0 Å². The van der Waals surface area contributed by atoms with E-state index in [1.54, 1.807) is 17.0 Å². The molecule has 4 rings (SSSR count). The Morgan fingerprint density at radius 3 is 2.41 bits per heavy atom. The molecule has 2 aromatic carbocycles. The van der Waals surface area contributed by atoms with E-state index in [2.05, 4.69) is 0 Å². The van der Waals surface area contributed by atoms with Crippen molar-refractivity contribution in [2.75, 3.05) is 13.1 Å². The summed E-state index contributed by atoms with van der Waals surface area (Å²) in [4.78, 5) is 32.6. The molecule has 2 aromatic rings. The van der Waals surface area contributed by atoms with Gasteiger partial charge in [-0.05, 0) is 30.5 Å². The third-order valence-electron chi connectivity index (χ3n) is 5.29. The van der Waals surface area contributed by atoms with Gasteiger partial charge in [-0.15, -0.1) is 0 Å². The van der Waals surface area contributed by atoms with E-state index in [4.69, 9.17) is 4.84 Å². The van der Waals surface area contributed by atoms with Gasteiger partial charge in [-0.2, -0.15) is 0 Å². The molecule has 5 nitrogen and oxygen atoms in total. The number of carbonyl (C=O) groups is 2. The number of amides is 2. The molecule has 6 heteroatoms. The Hall–Kier alpha value is -2.73. The Kier molecular flexibility index (Phi) is 4.66. The molecule has 2 heterocycles. The number of hydrogen-bond acceptors (Lipinski definition) is 3. The lowest BCUT2D eigenvalue weighted by Gasteiger charge is -2.37. The molecule has 2 saturated heterocycles. The molecule has 0 aliphatic carbocycles. The van der Waals surface area contributed by atoms with Gasteiger partial charge < -0.3 is 4.90 Å². The lowest BCUT2D eigenvalue weighted by Crippen LogP contribution is -2.47. The summed E-state index contributed by atoms with van der Waals surface area (Å²) < 4.78 is 13.9. The second-order valence-corrected chi connectivity index (χ2v) is 7.14. The quantitative estimate of drug-likeness (QED) is 0.836. The smallest absolute Gasteiger partial charge is 0.256 e. The van der Waals surface area contributed by atoms with Crippen molar-refractivity contribution in [3.8, 4) is 0 Å². The standard InChI is InChI=1S/C21H21FN2O3/c22-18-9-5-4-8-17(18)20(26)23-12-10-21(11-13-23)14-19(25)24(27-21)15-16-6-2-1-3-7-16/h1-9H,10-15H2. The number of likely N-dealkylation sites (tertiary alicyclic amines) is 1. The van der Waals surface area contributed by atoms with Crippen LogP contribution in [0.2, 0.25) is 0 Å². The summed E-state index contributed by atoms with van der Waals surface area (Å²) in [7, 11) is 0. The van der Waals surface area contributed by atoms with Crippen LogP contribution in [0.4, 0.5) is 4.39 Å². The van der Waals surface area contributed by atoms with Crippen LogP contribution in [-0.4, -0.2) is 40.5 Å². The average molecular weight is 368 g/mol. The molecular formula is C21H21FN2O3. The number of hydroxylamine groups is 2. The summed E-state index contributed by atoms with van der Waals surface area (Å²) >= 11 is 0. The van der Waals surface area contributed by atoms with E-state index in [9.17, 15) is 14.0 Å². The van der Waals surface area contributed by atoms with Crippen molar-refractivity contribution in [3.05, 3.63) is 71.5 Å². The van der Waals surface area contributed by atoms with Crippen LogP contribution in [0.5, 0.6) is 0 Å². The fourth-order valence-electron chi connectivity index (χ4n) is 3.74. The fraction of sp³-hybridized carbons (Fsp3) is 0.333. The second kappa shape index (κ2) is 7.12. The van der Waals surface area contributed by atoms with Crippen LogP contribution in [0.1, 0.15) is 35.2 Å². The van der Waals surface area contributed by atoms with Crippen molar-refractivity contribution in [2.45, 2.75) is 31.4 Å². The lowest BCUT2D eigenvalue weighted by atomic mass is 9.88. The highest BCUT2D eigenvalue weighted by Gasteiger charge is 2.47. The molecule has 0 atom stereocenters. The molecule has 27 heavy (non-hydrogen) atoms. The summed E-state index contributed by atoms with van der Waals surface area (Å²) in [5, 5.41) is 1.43. The normalized spacial score (nSPS) is 18.9. The molecule has 0 bridgehead atoms. The van der Waals surface area contributed by atoms with Crippen LogP contribution >= 0.6 is 0 Å². The Bertz CT molecular complexity index is 848. The molecule has 0 aromatic heterocycles. The van der Waals surface area contributed by atoms with E-state index < -0.39 is 11.4 Å². The Balaban J connectivity index is 1.39. The lowest BCUT2D eigenvalue weighted by molar-refractivity contribution is -0.213. The Morgan fingerprint density at radius 2 is 1.70 bits per heavy atom. The van der Waals surface area contributed by atoms with Crippen molar-refractivity contribution in [3.63, 3.8) is 0 Å². The van der Waals surface area contributed by atoms with Gasteiger partial charge in [0.25, 0.3) is 5.91 Å². The van der Waals surface area contributed by atoms with Crippen LogP contribution < -0.4 is 0 Å². The predicted molar refractivity (Wildman–Crippen MR) is 97.0 cm³/mol. The van der Waals surface area contributed by atoms with Gasteiger partial charge in [-0.25, -0.2) is 9.45 Å². The topological polar surface area (TPSA) is 49.9 Å². The zero-order valence-electron chi connectivity index (χ0n) is 14.9. The van der Waals surface area contributed by atoms with Crippen LogP contribution in [-0.2, 0) is 16.2 Å². The highest BCUT2D eigenvalue weighted by atomic mass is 19.1. The van der Waals surface area contributed by atoms with Gasteiger partial charge in [0.2, 0.25) is 5.91 Å². The van der Waals surface area contributed by atoms with Crippen LogP contribution in [0.3, 0.4) is 0 Å². The van der Waals surface area contributed by atoms with Crippen molar-refractivity contribution in [2.24, 2.45) is 0 Å². The van der Waals surface area contributed by atoms with E-state index in [0.29, 0.717) is 38.9 Å². The summed E-state index contributed by atoms with van der Waals surface area (Å²) in [6.45, 7) is 1.30. The maximum absolute atomic E-state index is 13.9. The molecular weight excluding hydrogens is 347 g/mol. The number of carbonyl (C=O) groups excluding carboxylic acids is 2. The van der Waals surface area contributed by atoms with E-state index in [0.717, 1.165) is 5.56 Å². The largest absolute Gasteiger partial charge is 0.338 e. The fourth-order valence-corrected chi connectivity index (χ4v) is 3.74. The molecule has 2 amide bonds. The average Bonchev–Trinajstić information content (AvgIpc) is 2.98. The highest BCUT2D eigenvalue weighted by Crippen LogP contribution is 2.37. The van der Waals surface area contributed by atoms with Crippen molar-refractivity contribution in [1.82, 2.24) is 9.96 Å². The number of rotatable bonds is 3. The third kappa shape index (κ3) is 3.57. The van der Waals surface area contributed by atoms with Crippen molar-refractivity contribution < 1.29 is 18.8 Å². The minimum absolute atomic E-state index is 0.0345. The van der Waals surface area contributed by atoms with E-state index in [1.807, 2.05) is 30.3 Å². The molecule has 0 saturated carbocycles. The first-order valence-corrected chi connectivity index (χ1v) is 9.14. The molecule has 0 radical (unpaired) electrons. The predicted octanol–water partition coefficient (Wildman–Crippen LogP) is 3.16. The summed E-state index contributed by atoms with van der Waals surface area (Å²) in [6.07, 6.45) is 1.44. The first-order valence-electron chi connectivity index (χ1n) is 9.14. The summed E-state index contributed by atoms with van der Waals surface area (Å²) in [6, 6.07) is 15.7. The zero-order chi connectivity index (χ0) is 18.9. The third-order valence-corrected chi connectivity index (χ3v) is 5.29. The minimum Gasteiger partial charge on any atom is -0.338 e. The SMILES string of the molecule is O=C(c1ccccc1F)N1CCC2(CC1)CC(=O)N(Cc1ccccc1)O2. The zero-order valence-corrected chi connectivity index (χ0v) is 14.9. The molecule has 2 aliphatic heterocycles. The highest BCUT2D eigenvalue weighted by molar-refractivity contribution is 5.94. The number of nitrogens with zero attached hydrogens (tertiary/aromatic N) is 2. The van der Waals surface area contributed by atoms with Crippen LogP contribution in [0.15, 0.2) is 54.6 Å². The van der Waals surface area contributed by atoms with Gasteiger partial charge in [0.1, 0.15) is 11.4 Å². The minimum atomic E-state index is -0.558. The van der Waals surface area contributed by atoms with Gasteiger partial charge in [0, 0.05) is 13.1 Å². The van der Waals surface area contributed by atoms with Gasteiger partial charge in [-0.3, -0.25) is 14.4 Å². The molecule has 0 unspecified atom stereocenters. The number of piperidine rings is 1. The van der Waals surface area contributed by atoms with Gasteiger partial charge in [0.15, 0.2) is 0 Å². The Labute approximate surface area is 157 Å². The second-order valence-electron chi connectivity index (χ2n) is 7.14. The maximum Gasteiger partial charge on any atom is 0.256 e. The number of hydrogen-bond donors (Lipinski definition) is 0. The number of halogens is 1. The summed E-state index contributed by atoms with van der Waals surface area (Å²) in [5.41, 5.74) is 0.537. The van der Waals surface area contributed by atoms with E-state index in [1.165, 1.54) is 17.2 Å². The molecule has 140 valence electrons. The summed E-state index contributed by atoms with van der Waals surface area (Å²) in [5.74, 6) is -0.856. The molecule has 2 aliphatic rings. The molecule has 2 fully saturated rings. The van der Waals surface area contributed by atoms with Crippen LogP contribution in [0, 0.1) is 5.82 Å². The Morgan fingerprint density at radius 1 is 1.04 bits per heavy atom. The van der Waals surface area contributed by atoms with Crippen molar-refractivity contribution >= 4 is 11.8 Å². The first-order chi connectivity index (χ1) is 13.1. The van der Waals surface area contributed by atoms with Crippen LogP contribution in [0.25, 0.3) is 0 Å². The van der Waals surface area contributed by atoms with Gasteiger partial charge in [-0.1, -0.05) is 42.5 Å². The van der Waals surface area contributed by atoms with E-state index in [-0.39, 0.29) is 17.4 Å². The molecule has 0 N–H and O–H groups in total. The van der Waals surface area contributed by atoms with Gasteiger partial charge in [0.05, 0.1) is 18.5 Å². The molecule has 1 spiro atoms. The monoisotopic (exact) mass is 368 g/mol.